The number of rotatable bonds is 9. The van der Waals surface area contributed by atoms with Gasteiger partial charge in [0.15, 0.2) is 0 Å². The van der Waals surface area contributed by atoms with E-state index in [-0.39, 0.29) is 18.1 Å². The molecule has 0 aromatic rings. The van der Waals surface area contributed by atoms with E-state index in [1.807, 2.05) is 20.8 Å². The van der Waals surface area contributed by atoms with E-state index in [2.05, 4.69) is 5.32 Å². The number of esters is 1. The summed E-state index contributed by atoms with van der Waals surface area (Å²) in [6.07, 6.45) is 5.25. The molecule has 5 nitrogen and oxygen atoms in total. The van der Waals surface area contributed by atoms with Gasteiger partial charge < -0.3 is 14.2 Å². The highest BCUT2D eigenvalue weighted by Gasteiger charge is 2.34. The smallest absolute Gasteiger partial charge is 0.325 e. The van der Waals surface area contributed by atoms with Crippen LogP contribution >= 0.6 is 0 Å². The molecule has 0 saturated carbocycles. The summed E-state index contributed by atoms with van der Waals surface area (Å²) in [5.74, 6) is -0.216. The lowest BCUT2D eigenvalue weighted by atomic mass is 9.95. The van der Waals surface area contributed by atoms with Gasteiger partial charge in [0.2, 0.25) is 0 Å². The number of hydrogen-bond acceptors (Lipinski definition) is 5. The zero-order valence-electron chi connectivity index (χ0n) is 13.9. The molecular weight excluding hydrogens is 270 g/mol. The fourth-order valence-electron chi connectivity index (χ4n) is 2.78. The molecule has 21 heavy (non-hydrogen) atoms. The highest BCUT2D eigenvalue weighted by atomic mass is 16.5. The molecule has 124 valence electrons. The average Bonchev–Trinajstić information content (AvgIpc) is 2.46. The van der Waals surface area contributed by atoms with E-state index in [9.17, 15) is 4.79 Å². The fourth-order valence-corrected chi connectivity index (χ4v) is 2.78. The van der Waals surface area contributed by atoms with Crippen LogP contribution in [0.15, 0.2) is 0 Å². The van der Waals surface area contributed by atoms with E-state index in [0.717, 1.165) is 25.9 Å². The Morgan fingerprint density at radius 1 is 1.43 bits per heavy atom. The molecule has 0 bridgehead atoms. The molecule has 1 rings (SSSR count). The van der Waals surface area contributed by atoms with E-state index in [0.29, 0.717) is 19.6 Å². The minimum Gasteiger partial charge on any atom is -0.468 e. The first-order chi connectivity index (χ1) is 9.98. The molecule has 1 heterocycles. The molecule has 0 aliphatic carbocycles. The minimum atomic E-state index is -0.645. The van der Waals surface area contributed by atoms with Crippen LogP contribution in [0, 0.1) is 0 Å². The highest BCUT2D eigenvalue weighted by Crippen LogP contribution is 2.17. The second-order valence-electron chi connectivity index (χ2n) is 6.29. The van der Waals surface area contributed by atoms with Gasteiger partial charge in [0.25, 0.3) is 0 Å². The zero-order valence-corrected chi connectivity index (χ0v) is 13.9. The number of methoxy groups -OCH3 is 1. The van der Waals surface area contributed by atoms with Crippen molar-refractivity contribution in [2.24, 2.45) is 0 Å². The first-order valence-corrected chi connectivity index (χ1v) is 8.03. The lowest BCUT2D eigenvalue weighted by Crippen LogP contribution is -2.53. The van der Waals surface area contributed by atoms with Crippen LogP contribution < -0.4 is 5.32 Å². The Kier molecular flexibility index (Phi) is 8.22. The molecule has 1 aliphatic heterocycles. The van der Waals surface area contributed by atoms with Crippen LogP contribution in [-0.4, -0.2) is 50.6 Å². The third-order valence-electron chi connectivity index (χ3n) is 3.79. The summed E-state index contributed by atoms with van der Waals surface area (Å²) in [6, 6.07) is 0.227. The molecule has 1 fully saturated rings. The van der Waals surface area contributed by atoms with Crippen LogP contribution in [0.25, 0.3) is 0 Å². The van der Waals surface area contributed by atoms with Crippen LogP contribution in [-0.2, 0) is 19.0 Å². The number of hydrogen-bond donors (Lipinski definition) is 1. The van der Waals surface area contributed by atoms with Gasteiger partial charge >= 0.3 is 5.97 Å². The molecule has 1 aliphatic rings. The van der Waals surface area contributed by atoms with Crippen LogP contribution in [0.5, 0.6) is 0 Å². The first-order valence-electron chi connectivity index (χ1n) is 8.03. The van der Waals surface area contributed by atoms with Crippen LogP contribution in [0.2, 0.25) is 0 Å². The largest absolute Gasteiger partial charge is 0.468 e. The fraction of sp³-hybridized carbons (Fsp3) is 0.938. The number of ether oxygens (including phenoxy) is 3. The topological polar surface area (TPSA) is 56.8 Å². The van der Waals surface area contributed by atoms with Gasteiger partial charge in [-0.05, 0) is 52.9 Å². The van der Waals surface area contributed by atoms with E-state index >= 15 is 0 Å². The van der Waals surface area contributed by atoms with E-state index in [4.69, 9.17) is 14.2 Å². The van der Waals surface area contributed by atoms with Crippen molar-refractivity contribution in [2.45, 2.75) is 70.6 Å². The molecule has 2 atom stereocenters. The Balaban J connectivity index is 2.24. The monoisotopic (exact) mass is 301 g/mol. The molecular formula is C16H31NO4. The predicted molar refractivity (Wildman–Crippen MR) is 82.3 cm³/mol. The average molecular weight is 301 g/mol. The Labute approximate surface area is 128 Å². The molecule has 0 aromatic carbocycles. The van der Waals surface area contributed by atoms with Crippen LogP contribution in [0.4, 0.5) is 0 Å². The van der Waals surface area contributed by atoms with Crippen LogP contribution in [0.3, 0.4) is 0 Å². The Bertz CT molecular complexity index is 303. The van der Waals surface area contributed by atoms with Crippen molar-refractivity contribution in [1.82, 2.24) is 5.32 Å². The van der Waals surface area contributed by atoms with Gasteiger partial charge in [0.05, 0.1) is 19.8 Å². The van der Waals surface area contributed by atoms with Crippen molar-refractivity contribution < 1.29 is 19.0 Å². The normalized spacial score (nSPS) is 22.0. The summed E-state index contributed by atoms with van der Waals surface area (Å²) in [7, 11) is 1.43. The Hall–Kier alpha value is -0.650. The zero-order chi connectivity index (χ0) is 15.7. The summed E-state index contributed by atoms with van der Waals surface area (Å²) in [5, 5.41) is 3.29. The molecule has 0 radical (unpaired) electrons. The van der Waals surface area contributed by atoms with Gasteiger partial charge in [-0.1, -0.05) is 0 Å². The molecule has 0 spiro atoms. The molecule has 0 amide bonds. The summed E-state index contributed by atoms with van der Waals surface area (Å²) in [5.41, 5.74) is -0.645. The van der Waals surface area contributed by atoms with Gasteiger partial charge in [-0.15, -0.1) is 0 Å². The lowest BCUT2D eigenvalue weighted by Gasteiger charge is -2.30. The second kappa shape index (κ2) is 9.38. The Morgan fingerprint density at radius 3 is 2.76 bits per heavy atom. The first kappa shape index (κ1) is 18.4. The number of carbonyl (C=O) groups is 1. The quantitative estimate of drug-likeness (QED) is 0.523. The standard InChI is InChI=1S/C16H31NO4/c1-13(2)17-16(3,15(18)19-4)9-7-10-20-12-14-8-5-6-11-21-14/h13-14,17H,5-12H2,1-4H3. The van der Waals surface area contributed by atoms with Crippen molar-refractivity contribution in [3.8, 4) is 0 Å². The van der Waals surface area contributed by atoms with Crippen molar-refractivity contribution in [1.29, 1.82) is 0 Å². The summed E-state index contributed by atoms with van der Waals surface area (Å²) in [4.78, 5) is 11.9. The molecule has 5 heteroatoms. The van der Waals surface area contributed by atoms with Crippen molar-refractivity contribution in [3.05, 3.63) is 0 Å². The second-order valence-corrected chi connectivity index (χ2v) is 6.29. The van der Waals surface area contributed by atoms with Gasteiger partial charge in [-0.3, -0.25) is 10.1 Å². The van der Waals surface area contributed by atoms with E-state index in [1.165, 1.54) is 13.5 Å². The van der Waals surface area contributed by atoms with Gasteiger partial charge in [-0.2, -0.15) is 0 Å². The maximum absolute atomic E-state index is 11.9. The van der Waals surface area contributed by atoms with Crippen molar-refractivity contribution in [3.63, 3.8) is 0 Å². The summed E-state index contributed by atoms with van der Waals surface area (Å²) < 4.78 is 16.2. The predicted octanol–water partition coefficient (Wildman–Crippen LogP) is 2.28. The minimum absolute atomic E-state index is 0.216. The van der Waals surface area contributed by atoms with Gasteiger partial charge in [-0.25, -0.2) is 0 Å². The summed E-state index contributed by atoms with van der Waals surface area (Å²) >= 11 is 0. The number of nitrogens with one attached hydrogen (secondary N) is 1. The molecule has 0 aromatic heterocycles. The molecule has 2 unspecified atom stereocenters. The maximum Gasteiger partial charge on any atom is 0.325 e. The number of carbonyl (C=O) groups excluding carboxylic acids is 1. The SMILES string of the molecule is COC(=O)C(C)(CCCOCC1CCCCO1)NC(C)C. The lowest BCUT2D eigenvalue weighted by molar-refractivity contribution is -0.148. The van der Waals surface area contributed by atoms with Crippen molar-refractivity contribution >= 4 is 5.97 Å². The van der Waals surface area contributed by atoms with E-state index in [1.54, 1.807) is 0 Å². The van der Waals surface area contributed by atoms with E-state index < -0.39 is 5.54 Å². The third-order valence-corrected chi connectivity index (χ3v) is 3.79. The maximum atomic E-state index is 11.9. The van der Waals surface area contributed by atoms with Gasteiger partial charge in [0.1, 0.15) is 5.54 Å². The highest BCUT2D eigenvalue weighted by molar-refractivity contribution is 5.80. The molecule has 1 saturated heterocycles. The molecule has 1 N–H and O–H groups in total. The van der Waals surface area contributed by atoms with Crippen molar-refractivity contribution in [2.75, 3.05) is 26.9 Å². The summed E-state index contributed by atoms with van der Waals surface area (Å²) in [6.45, 7) is 8.10. The van der Waals surface area contributed by atoms with Gasteiger partial charge in [0, 0.05) is 19.3 Å². The third kappa shape index (κ3) is 6.76. The Morgan fingerprint density at radius 2 is 2.19 bits per heavy atom. The van der Waals surface area contributed by atoms with Crippen LogP contribution in [0.1, 0.15) is 52.9 Å².